The second-order valence-corrected chi connectivity index (χ2v) is 5.94. The van der Waals surface area contributed by atoms with E-state index in [1.54, 1.807) is 42.5 Å². The molecule has 0 radical (unpaired) electrons. The largest absolute Gasteiger partial charge is 0.503 e. The number of benzene rings is 2. The maximum atomic E-state index is 11.8. The Kier molecular flexibility index (Phi) is 5.14. The van der Waals surface area contributed by atoms with Crippen LogP contribution in [0.2, 0.25) is 5.02 Å². The number of halogens is 1. The molecule has 0 fully saturated rings. The van der Waals surface area contributed by atoms with Crippen LogP contribution >= 0.6 is 11.6 Å². The predicted octanol–water partition coefficient (Wildman–Crippen LogP) is 3.36. The van der Waals surface area contributed by atoms with Gasteiger partial charge in [0.05, 0.1) is 18.5 Å². The van der Waals surface area contributed by atoms with Crippen molar-refractivity contribution in [2.45, 2.75) is 6.92 Å². The lowest BCUT2D eigenvalue weighted by atomic mass is 10.0. The van der Waals surface area contributed by atoms with Gasteiger partial charge in [0.25, 0.3) is 5.43 Å². The molecule has 0 aliphatic rings. The van der Waals surface area contributed by atoms with Crippen LogP contribution in [0.15, 0.2) is 53.5 Å². The molecule has 0 saturated heterocycles. The summed E-state index contributed by atoms with van der Waals surface area (Å²) in [6, 6.07) is 12.1. The molecule has 2 aromatic carbocycles. The van der Waals surface area contributed by atoms with Crippen LogP contribution < -0.4 is 10.2 Å². The topological polar surface area (TPSA) is 102 Å². The van der Waals surface area contributed by atoms with Gasteiger partial charge in [-0.3, -0.25) is 4.79 Å². The molecule has 0 spiro atoms. The highest BCUT2D eigenvalue weighted by Gasteiger charge is 2.18. The summed E-state index contributed by atoms with van der Waals surface area (Å²) in [5.74, 6) is -1.63. The SMILES string of the molecule is CCOc1ccc(Cl)c(-c2ccccc2-n2cc(O)c(=O)c(C(=O)O)n2)c1. The summed E-state index contributed by atoms with van der Waals surface area (Å²) in [7, 11) is 0. The first kappa shape index (κ1) is 18.5. The molecule has 138 valence electrons. The van der Waals surface area contributed by atoms with Crippen molar-refractivity contribution in [3.05, 3.63) is 69.6 Å². The van der Waals surface area contributed by atoms with E-state index < -0.39 is 22.8 Å². The molecule has 1 aromatic heterocycles. The monoisotopic (exact) mass is 386 g/mol. The van der Waals surface area contributed by atoms with Crippen molar-refractivity contribution in [2.75, 3.05) is 6.61 Å². The van der Waals surface area contributed by atoms with Gasteiger partial charge in [-0.2, -0.15) is 5.10 Å². The Labute approximate surface area is 159 Å². The number of aromatic nitrogens is 2. The van der Waals surface area contributed by atoms with Crippen LogP contribution in [0.1, 0.15) is 17.4 Å². The number of aromatic carboxylic acids is 1. The number of carboxylic acids is 1. The van der Waals surface area contributed by atoms with Crippen molar-refractivity contribution >= 4 is 17.6 Å². The molecule has 0 aliphatic heterocycles. The molecule has 2 N–H and O–H groups in total. The Morgan fingerprint density at radius 1 is 1.22 bits per heavy atom. The first-order valence-electron chi connectivity index (χ1n) is 8.00. The van der Waals surface area contributed by atoms with E-state index in [-0.39, 0.29) is 0 Å². The highest BCUT2D eigenvalue weighted by atomic mass is 35.5. The van der Waals surface area contributed by atoms with Gasteiger partial charge >= 0.3 is 5.97 Å². The normalized spacial score (nSPS) is 10.6. The Hall–Kier alpha value is -3.32. The molecule has 0 saturated carbocycles. The maximum absolute atomic E-state index is 11.8. The zero-order valence-corrected chi connectivity index (χ0v) is 15.0. The average Bonchev–Trinajstić information content (AvgIpc) is 2.65. The average molecular weight is 387 g/mol. The summed E-state index contributed by atoms with van der Waals surface area (Å²) in [6.07, 6.45) is 1.06. The van der Waals surface area contributed by atoms with Gasteiger partial charge in [-0.25, -0.2) is 9.48 Å². The lowest BCUT2D eigenvalue weighted by molar-refractivity contribution is 0.0686. The molecule has 8 heteroatoms. The van der Waals surface area contributed by atoms with Crippen LogP contribution in [0.25, 0.3) is 16.8 Å². The third-order valence-electron chi connectivity index (χ3n) is 3.79. The van der Waals surface area contributed by atoms with Crippen molar-refractivity contribution < 1.29 is 19.7 Å². The van der Waals surface area contributed by atoms with Crippen LogP contribution in [0.4, 0.5) is 0 Å². The van der Waals surface area contributed by atoms with E-state index in [9.17, 15) is 14.7 Å². The number of ether oxygens (including phenoxy) is 1. The highest BCUT2D eigenvalue weighted by Crippen LogP contribution is 2.35. The second kappa shape index (κ2) is 7.51. The summed E-state index contributed by atoms with van der Waals surface area (Å²) < 4.78 is 6.65. The van der Waals surface area contributed by atoms with Crippen molar-refractivity contribution in [1.29, 1.82) is 0 Å². The van der Waals surface area contributed by atoms with E-state index in [1.807, 2.05) is 6.92 Å². The number of hydrogen-bond donors (Lipinski definition) is 2. The van der Waals surface area contributed by atoms with Gasteiger partial charge in [0.2, 0.25) is 5.69 Å². The number of hydrogen-bond acceptors (Lipinski definition) is 5. The van der Waals surface area contributed by atoms with Gasteiger partial charge in [0.15, 0.2) is 5.75 Å². The van der Waals surface area contributed by atoms with Gasteiger partial charge in [-0.05, 0) is 31.2 Å². The summed E-state index contributed by atoms with van der Waals surface area (Å²) in [4.78, 5) is 23.0. The summed E-state index contributed by atoms with van der Waals surface area (Å²) in [6.45, 7) is 2.35. The fourth-order valence-corrected chi connectivity index (χ4v) is 2.83. The lowest BCUT2D eigenvalue weighted by Gasteiger charge is -2.14. The van der Waals surface area contributed by atoms with E-state index in [4.69, 9.17) is 21.4 Å². The Bertz CT molecular complexity index is 1080. The van der Waals surface area contributed by atoms with Gasteiger partial charge in [0, 0.05) is 16.1 Å². The van der Waals surface area contributed by atoms with E-state index in [0.29, 0.717) is 34.2 Å². The van der Waals surface area contributed by atoms with Crippen LogP contribution in [-0.4, -0.2) is 32.6 Å². The van der Waals surface area contributed by atoms with Crippen LogP contribution in [0, 0.1) is 0 Å². The van der Waals surface area contributed by atoms with Crippen LogP contribution in [0.3, 0.4) is 0 Å². The van der Waals surface area contributed by atoms with Crippen molar-refractivity contribution in [3.8, 4) is 28.3 Å². The standard InChI is InChI=1S/C19H15ClN2O5/c1-2-27-11-7-8-14(20)13(9-11)12-5-3-4-6-15(12)22-10-16(23)18(24)17(21-22)19(25)26/h3-10,23H,2H2,1H3,(H,25,26). The minimum absolute atomic E-state index is 0.436. The predicted molar refractivity (Wildman–Crippen MR) is 100 cm³/mol. The van der Waals surface area contributed by atoms with Crippen molar-refractivity contribution in [1.82, 2.24) is 9.78 Å². The molecule has 1 heterocycles. The van der Waals surface area contributed by atoms with Crippen molar-refractivity contribution in [3.63, 3.8) is 0 Å². The Balaban J connectivity index is 2.24. The van der Waals surface area contributed by atoms with Gasteiger partial charge in [-0.15, -0.1) is 0 Å². The van der Waals surface area contributed by atoms with E-state index in [0.717, 1.165) is 10.9 Å². The molecule has 0 amide bonds. The maximum Gasteiger partial charge on any atom is 0.360 e. The number of para-hydroxylation sites is 1. The molecular formula is C19H15ClN2O5. The fraction of sp³-hybridized carbons (Fsp3) is 0.105. The molecule has 7 nitrogen and oxygen atoms in total. The molecule has 0 unspecified atom stereocenters. The molecule has 3 rings (SSSR count). The zero-order valence-electron chi connectivity index (χ0n) is 14.2. The summed E-state index contributed by atoms with van der Waals surface area (Å²) in [5, 5.41) is 23.3. The molecule has 3 aromatic rings. The molecule has 0 bridgehead atoms. The number of carboxylic acid groups (broad SMARTS) is 1. The first-order chi connectivity index (χ1) is 12.9. The third-order valence-corrected chi connectivity index (χ3v) is 4.12. The van der Waals surface area contributed by atoms with E-state index in [2.05, 4.69) is 5.10 Å². The molecule has 0 atom stereocenters. The fourth-order valence-electron chi connectivity index (χ4n) is 2.61. The molecule has 27 heavy (non-hydrogen) atoms. The summed E-state index contributed by atoms with van der Waals surface area (Å²) in [5.41, 5.74) is -0.136. The minimum Gasteiger partial charge on any atom is -0.503 e. The number of rotatable bonds is 5. The molecule has 0 aliphatic carbocycles. The Morgan fingerprint density at radius 2 is 1.96 bits per heavy atom. The van der Waals surface area contributed by atoms with E-state index in [1.165, 1.54) is 0 Å². The molecular weight excluding hydrogens is 372 g/mol. The first-order valence-corrected chi connectivity index (χ1v) is 8.38. The lowest BCUT2D eigenvalue weighted by Crippen LogP contribution is -2.21. The smallest absolute Gasteiger partial charge is 0.360 e. The van der Waals surface area contributed by atoms with E-state index >= 15 is 0 Å². The van der Waals surface area contributed by atoms with Crippen LogP contribution in [0.5, 0.6) is 11.5 Å². The third kappa shape index (κ3) is 3.63. The minimum atomic E-state index is -1.53. The van der Waals surface area contributed by atoms with Gasteiger partial charge < -0.3 is 14.9 Å². The van der Waals surface area contributed by atoms with Crippen LogP contribution in [-0.2, 0) is 0 Å². The zero-order chi connectivity index (χ0) is 19.6. The second-order valence-electron chi connectivity index (χ2n) is 5.53. The number of nitrogens with zero attached hydrogens (tertiary/aromatic N) is 2. The van der Waals surface area contributed by atoms with Gasteiger partial charge in [0.1, 0.15) is 5.75 Å². The number of aromatic hydroxyl groups is 1. The van der Waals surface area contributed by atoms with Crippen molar-refractivity contribution in [2.24, 2.45) is 0 Å². The number of carbonyl (C=O) groups is 1. The summed E-state index contributed by atoms with van der Waals surface area (Å²) >= 11 is 6.35. The Morgan fingerprint density at radius 3 is 2.67 bits per heavy atom. The quantitative estimate of drug-likeness (QED) is 0.697. The van der Waals surface area contributed by atoms with Gasteiger partial charge in [-0.1, -0.05) is 29.8 Å². The highest BCUT2D eigenvalue weighted by molar-refractivity contribution is 6.33.